The van der Waals surface area contributed by atoms with Gasteiger partial charge in [-0.1, -0.05) is 0 Å². The number of ether oxygens (including phenoxy) is 1. The Morgan fingerprint density at radius 2 is 2.26 bits per heavy atom. The fraction of sp³-hybridized carbons (Fsp3) is 0.455. The number of nitrogens with zero attached hydrogens (tertiary/aromatic N) is 3. The molecule has 2 aromatic rings. The van der Waals surface area contributed by atoms with Crippen molar-refractivity contribution in [1.29, 1.82) is 0 Å². The highest BCUT2D eigenvalue weighted by atomic mass is 32.5. The van der Waals surface area contributed by atoms with Crippen LogP contribution in [0.5, 0.6) is 0 Å². The molecule has 1 aliphatic rings. The standard InChI is InChI=1S/C11H13F2N4O4PS/c12-11(13)3-6(4-20-22(18,19)23)21-10(11)17-2-1-7-8(14)15-5-16-9(7)17/h1-2,5-6,10H,3-4H2,(H2,14,15,16)(H2,18,19,23)/t6-,10+/m0/s1. The zero-order chi connectivity index (χ0) is 16.8. The first-order valence-electron chi connectivity index (χ1n) is 6.48. The number of hydrogen-bond donors (Lipinski definition) is 3. The summed E-state index contributed by atoms with van der Waals surface area (Å²) in [6.07, 6.45) is -0.728. The highest BCUT2D eigenvalue weighted by Gasteiger charge is 2.52. The van der Waals surface area contributed by atoms with Crippen LogP contribution in [0, 0.1) is 0 Å². The molecule has 0 bridgehead atoms. The van der Waals surface area contributed by atoms with Crippen LogP contribution in [-0.4, -0.2) is 43.0 Å². The fourth-order valence-electron chi connectivity index (χ4n) is 2.46. The maximum atomic E-state index is 14.3. The Balaban J connectivity index is 1.86. The van der Waals surface area contributed by atoms with Gasteiger partial charge in [-0.2, -0.15) is 0 Å². The van der Waals surface area contributed by atoms with E-state index < -0.39 is 38.0 Å². The van der Waals surface area contributed by atoms with Gasteiger partial charge in [0.25, 0.3) is 5.92 Å². The smallest absolute Gasteiger partial charge is 0.321 e. The summed E-state index contributed by atoms with van der Waals surface area (Å²) >= 11 is 4.28. The normalized spacial score (nSPS) is 24.3. The maximum absolute atomic E-state index is 14.3. The van der Waals surface area contributed by atoms with Gasteiger partial charge >= 0.3 is 6.72 Å². The molecule has 0 unspecified atom stereocenters. The van der Waals surface area contributed by atoms with Gasteiger partial charge in [-0.3, -0.25) is 0 Å². The van der Waals surface area contributed by atoms with Crippen molar-refractivity contribution >= 4 is 35.4 Å². The fourth-order valence-corrected chi connectivity index (χ4v) is 3.00. The summed E-state index contributed by atoms with van der Waals surface area (Å²) in [7, 11) is 0. The van der Waals surface area contributed by atoms with Crippen molar-refractivity contribution in [2.75, 3.05) is 12.3 Å². The lowest BCUT2D eigenvalue weighted by Crippen LogP contribution is -2.25. The zero-order valence-electron chi connectivity index (χ0n) is 11.5. The van der Waals surface area contributed by atoms with Gasteiger partial charge in [0.1, 0.15) is 17.8 Å². The van der Waals surface area contributed by atoms with Crippen molar-refractivity contribution in [3.8, 4) is 0 Å². The monoisotopic (exact) mass is 366 g/mol. The van der Waals surface area contributed by atoms with E-state index in [4.69, 9.17) is 20.3 Å². The molecule has 0 saturated carbocycles. The molecular formula is C11H13F2N4O4PS. The average molecular weight is 366 g/mol. The van der Waals surface area contributed by atoms with Crippen LogP contribution in [0.3, 0.4) is 0 Å². The number of rotatable bonds is 4. The molecule has 8 nitrogen and oxygen atoms in total. The number of fused-ring (bicyclic) bond motifs is 1. The number of alkyl halides is 2. The molecule has 2 aromatic heterocycles. The summed E-state index contributed by atoms with van der Waals surface area (Å²) in [5.74, 6) is -3.02. The molecule has 12 heteroatoms. The molecule has 3 heterocycles. The Morgan fingerprint density at radius 1 is 1.52 bits per heavy atom. The van der Waals surface area contributed by atoms with E-state index >= 15 is 0 Å². The number of aromatic nitrogens is 3. The van der Waals surface area contributed by atoms with Gasteiger partial charge in [0, 0.05) is 12.6 Å². The van der Waals surface area contributed by atoms with E-state index in [9.17, 15) is 8.78 Å². The third-order valence-electron chi connectivity index (χ3n) is 3.40. The first-order chi connectivity index (χ1) is 10.7. The Bertz CT molecular complexity index is 782. The largest absolute Gasteiger partial charge is 0.383 e. The van der Waals surface area contributed by atoms with E-state index in [2.05, 4.69) is 26.3 Å². The topological polar surface area (TPSA) is 116 Å². The third-order valence-corrected chi connectivity index (χ3v) is 4.21. The molecule has 1 saturated heterocycles. The Labute approximate surface area is 134 Å². The van der Waals surface area contributed by atoms with Crippen molar-refractivity contribution < 1.29 is 27.8 Å². The number of nitrogens with two attached hydrogens (primary N) is 1. The van der Waals surface area contributed by atoms with Crippen molar-refractivity contribution in [3.63, 3.8) is 0 Å². The minimum absolute atomic E-state index is 0.177. The molecule has 0 aliphatic carbocycles. The van der Waals surface area contributed by atoms with Gasteiger partial charge in [-0.25, -0.2) is 18.7 Å². The molecule has 1 aliphatic heterocycles. The van der Waals surface area contributed by atoms with E-state index in [1.54, 1.807) is 0 Å². The molecule has 126 valence electrons. The minimum atomic E-state index is -3.92. The van der Waals surface area contributed by atoms with Gasteiger partial charge in [0.2, 0.25) is 0 Å². The summed E-state index contributed by atoms with van der Waals surface area (Å²) in [5.41, 5.74) is 5.90. The van der Waals surface area contributed by atoms with Crippen LogP contribution in [-0.2, 0) is 21.1 Å². The molecule has 0 aromatic carbocycles. The van der Waals surface area contributed by atoms with Gasteiger partial charge < -0.3 is 29.3 Å². The third kappa shape index (κ3) is 3.35. The van der Waals surface area contributed by atoms with Crippen LogP contribution < -0.4 is 5.73 Å². The molecule has 23 heavy (non-hydrogen) atoms. The predicted molar refractivity (Wildman–Crippen MR) is 80.1 cm³/mol. The van der Waals surface area contributed by atoms with E-state index in [1.165, 1.54) is 23.2 Å². The SMILES string of the molecule is Nc1ncnc2c1ccn2[C@@H]1O[C@H](COP(O)(O)=S)CC1(F)F. The quantitative estimate of drug-likeness (QED) is 0.691. The van der Waals surface area contributed by atoms with Crippen LogP contribution in [0.2, 0.25) is 0 Å². The molecular weight excluding hydrogens is 353 g/mol. The van der Waals surface area contributed by atoms with Crippen LogP contribution in [0.1, 0.15) is 12.6 Å². The lowest BCUT2D eigenvalue weighted by molar-refractivity contribution is -0.115. The second-order valence-electron chi connectivity index (χ2n) is 5.08. The average Bonchev–Trinajstić information content (AvgIpc) is 2.97. The van der Waals surface area contributed by atoms with E-state index in [0.29, 0.717) is 5.39 Å². The van der Waals surface area contributed by atoms with Crippen molar-refractivity contribution in [2.24, 2.45) is 0 Å². The Morgan fingerprint density at radius 3 is 2.96 bits per heavy atom. The molecule has 0 amide bonds. The molecule has 4 N–H and O–H groups in total. The highest BCUT2D eigenvalue weighted by molar-refractivity contribution is 8.06. The first-order valence-corrected chi connectivity index (χ1v) is 9.10. The van der Waals surface area contributed by atoms with Gasteiger partial charge in [0.15, 0.2) is 6.23 Å². The summed E-state index contributed by atoms with van der Waals surface area (Å²) in [5, 5.41) is 0.438. The van der Waals surface area contributed by atoms with Crippen molar-refractivity contribution in [2.45, 2.75) is 24.7 Å². The van der Waals surface area contributed by atoms with Crippen molar-refractivity contribution in [3.05, 3.63) is 18.6 Å². The van der Waals surface area contributed by atoms with Gasteiger partial charge in [-0.15, -0.1) is 0 Å². The van der Waals surface area contributed by atoms with Crippen LogP contribution in [0.15, 0.2) is 18.6 Å². The first kappa shape index (κ1) is 16.6. The van der Waals surface area contributed by atoms with E-state index in [0.717, 1.165) is 0 Å². The van der Waals surface area contributed by atoms with Gasteiger partial charge in [-0.05, 0) is 17.9 Å². The molecule has 2 atom stereocenters. The lowest BCUT2D eigenvalue weighted by Gasteiger charge is -2.20. The number of halogens is 2. The summed E-state index contributed by atoms with van der Waals surface area (Å²) in [6.45, 7) is -4.36. The number of hydrogen-bond acceptors (Lipinski definition) is 6. The molecule has 0 spiro atoms. The molecule has 1 fully saturated rings. The zero-order valence-corrected chi connectivity index (χ0v) is 13.3. The summed E-state index contributed by atoms with van der Waals surface area (Å²) in [4.78, 5) is 25.8. The van der Waals surface area contributed by atoms with E-state index in [1.807, 2.05) is 0 Å². The second kappa shape index (κ2) is 5.69. The Hall–Kier alpha value is -1.23. The van der Waals surface area contributed by atoms with Gasteiger partial charge in [0.05, 0.1) is 18.1 Å². The number of nitrogen functional groups attached to an aromatic ring is 1. The Kier molecular flexibility index (Phi) is 4.11. The minimum Gasteiger partial charge on any atom is -0.383 e. The van der Waals surface area contributed by atoms with E-state index in [-0.39, 0.29) is 11.5 Å². The summed E-state index contributed by atoms with van der Waals surface area (Å²) in [6, 6.07) is 1.52. The second-order valence-corrected chi connectivity index (χ2v) is 7.75. The lowest BCUT2D eigenvalue weighted by atomic mass is 10.2. The van der Waals surface area contributed by atoms with Crippen LogP contribution in [0.4, 0.5) is 14.6 Å². The van der Waals surface area contributed by atoms with Crippen LogP contribution in [0.25, 0.3) is 11.0 Å². The number of anilines is 1. The highest BCUT2D eigenvalue weighted by Crippen LogP contribution is 2.45. The molecule has 3 rings (SSSR count). The molecule has 0 radical (unpaired) electrons. The predicted octanol–water partition coefficient (Wildman–Crippen LogP) is 1.16. The summed E-state index contributed by atoms with van der Waals surface area (Å²) < 4.78 is 39.6. The maximum Gasteiger partial charge on any atom is 0.321 e. The van der Waals surface area contributed by atoms with Crippen LogP contribution >= 0.6 is 6.72 Å². The van der Waals surface area contributed by atoms with Crippen molar-refractivity contribution in [1.82, 2.24) is 14.5 Å².